The molecule has 0 aliphatic heterocycles. The summed E-state index contributed by atoms with van der Waals surface area (Å²) in [6.45, 7) is 0. The Labute approximate surface area is 68.5 Å². The third-order valence-electron chi connectivity index (χ3n) is 0.354. The Bertz CT molecular complexity index is 154. The van der Waals surface area contributed by atoms with E-state index in [1.165, 1.54) is 0 Å². The minimum absolute atomic E-state index is 0. The summed E-state index contributed by atoms with van der Waals surface area (Å²) in [6.07, 6.45) is 0. The van der Waals surface area contributed by atoms with Crippen LogP contribution in [0.5, 0.6) is 0 Å². The number of aromatic nitrogens is 4. The van der Waals surface area contributed by atoms with Crippen molar-refractivity contribution >= 4 is 12.2 Å². The van der Waals surface area contributed by atoms with Crippen molar-refractivity contribution in [1.82, 2.24) is 20.6 Å². The molecular formula is CH3N4NaS. The molecule has 7 heavy (non-hydrogen) atoms. The molecule has 0 aromatic carbocycles. The molecule has 0 amide bonds. The van der Waals surface area contributed by atoms with Crippen molar-refractivity contribution in [1.29, 1.82) is 0 Å². The topological polar surface area (TPSA) is 57.4 Å². The van der Waals surface area contributed by atoms with Crippen LogP contribution in [0.4, 0.5) is 0 Å². The van der Waals surface area contributed by atoms with E-state index in [9.17, 15) is 0 Å². The minimum atomic E-state index is 0. The minimum Gasteiger partial charge on any atom is -1.00 e. The van der Waals surface area contributed by atoms with Crippen LogP contribution in [-0.2, 0) is 0 Å². The molecule has 1 aromatic rings. The fourth-order valence-corrected chi connectivity index (χ4v) is 0.255. The largest absolute Gasteiger partial charge is 1.00 e. The van der Waals surface area contributed by atoms with Crippen molar-refractivity contribution < 1.29 is 31.0 Å². The van der Waals surface area contributed by atoms with Crippen molar-refractivity contribution in [2.45, 2.75) is 0 Å². The van der Waals surface area contributed by atoms with Crippen LogP contribution in [0.15, 0.2) is 0 Å². The van der Waals surface area contributed by atoms with E-state index in [1.54, 1.807) is 0 Å². The van der Waals surface area contributed by atoms with Crippen molar-refractivity contribution in [3.8, 4) is 0 Å². The van der Waals surface area contributed by atoms with Gasteiger partial charge in [0.15, 0.2) is 0 Å². The maximum atomic E-state index is 4.48. The van der Waals surface area contributed by atoms with Crippen LogP contribution in [0.2, 0.25) is 0 Å². The van der Waals surface area contributed by atoms with Crippen LogP contribution in [0.3, 0.4) is 0 Å². The molecule has 0 fully saturated rings. The normalized spacial score (nSPS) is 7.43. The van der Waals surface area contributed by atoms with Crippen molar-refractivity contribution in [3.63, 3.8) is 0 Å². The summed E-state index contributed by atoms with van der Waals surface area (Å²) in [5, 5.41) is 11.5. The van der Waals surface area contributed by atoms with Gasteiger partial charge in [0, 0.05) is 0 Å². The Morgan fingerprint density at radius 2 is 2.43 bits per heavy atom. The number of tetrazole rings is 1. The first-order chi connectivity index (χ1) is 2.89. The number of nitrogens with one attached hydrogen (secondary N) is 2. The van der Waals surface area contributed by atoms with E-state index < -0.39 is 0 Å². The molecule has 1 aromatic heterocycles. The first-order valence-corrected chi connectivity index (χ1v) is 1.76. The summed E-state index contributed by atoms with van der Waals surface area (Å²) < 4.78 is 0.384. The molecule has 34 valence electrons. The van der Waals surface area contributed by atoms with E-state index >= 15 is 0 Å². The SMILES string of the molecule is S=c1nn[nH][nH]1.[H-].[Na+]. The van der Waals surface area contributed by atoms with Gasteiger partial charge in [-0.3, -0.25) is 5.10 Å². The van der Waals surface area contributed by atoms with Crippen LogP contribution in [0.1, 0.15) is 1.43 Å². The van der Waals surface area contributed by atoms with E-state index in [-0.39, 0.29) is 31.0 Å². The van der Waals surface area contributed by atoms with Gasteiger partial charge in [-0.15, -0.1) is 0 Å². The Kier molecular flexibility index (Phi) is 3.45. The molecule has 2 N–H and O–H groups in total. The quantitative estimate of drug-likeness (QED) is 0.287. The maximum Gasteiger partial charge on any atom is 1.00 e. The monoisotopic (exact) mass is 126 g/mol. The zero-order valence-corrected chi connectivity index (χ0v) is 6.62. The molecule has 0 spiro atoms. The van der Waals surface area contributed by atoms with Gasteiger partial charge in [0.25, 0.3) is 0 Å². The molecule has 0 aliphatic rings. The van der Waals surface area contributed by atoms with E-state index in [0.717, 1.165) is 0 Å². The van der Waals surface area contributed by atoms with Gasteiger partial charge in [-0.25, -0.2) is 0 Å². The first-order valence-electron chi connectivity index (χ1n) is 1.35. The number of nitrogens with zero attached hydrogens (tertiary/aromatic N) is 2. The molecule has 0 atom stereocenters. The molecule has 0 aliphatic carbocycles. The second kappa shape index (κ2) is 3.31. The van der Waals surface area contributed by atoms with Crippen molar-refractivity contribution in [2.75, 3.05) is 0 Å². The maximum absolute atomic E-state index is 4.48. The van der Waals surface area contributed by atoms with Gasteiger partial charge in [-0.1, -0.05) is 10.3 Å². The van der Waals surface area contributed by atoms with Gasteiger partial charge >= 0.3 is 29.6 Å². The fraction of sp³-hybridized carbons (Fsp3) is 0. The number of hydrogen-bond acceptors (Lipinski definition) is 3. The molecule has 0 saturated carbocycles. The predicted molar refractivity (Wildman–Crippen MR) is 22.7 cm³/mol. The van der Waals surface area contributed by atoms with Crippen LogP contribution >= 0.6 is 12.2 Å². The standard InChI is InChI=1S/CH2N4S.Na.H/c6-1-2-4-5-3-1;;/h(H2,2,3,4,5,6);;/q;+1;-1. The smallest absolute Gasteiger partial charge is 1.00 e. The third-order valence-corrected chi connectivity index (χ3v) is 0.537. The molecule has 0 unspecified atom stereocenters. The molecular weight excluding hydrogens is 123 g/mol. The van der Waals surface area contributed by atoms with Crippen LogP contribution in [0.25, 0.3) is 0 Å². The van der Waals surface area contributed by atoms with Gasteiger partial charge < -0.3 is 1.43 Å². The Morgan fingerprint density at radius 3 is 2.57 bits per heavy atom. The van der Waals surface area contributed by atoms with E-state index in [1.807, 2.05) is 0 Å². The Balaban J connectivity index is 0. The van der Waals surface area contributed by atoms with E-state index in [4.69, 9.17) is 0 Å². The average Bonchev–Trinajstić information content (AvgIpc) is 1.86. The molecule has 1 heterocycles. The molecule has 1 rings (SSSR count). The predicted octanol–water partition coefficient (Wildman–Crippen LogP) is -3.02. The van der Waals surface area contributed by atoms with Gasteiger partial charge in [0.2, 0.25) is 4.77 Å². The van der Waals surface area contributed by atoms with E-state index in [0.29, 0.717) is 4.77 Å². The number of hydrogen-bond donors (Lipinski definition) is 2. The second-order valence-corrected chi connectivity index (χ2v) is 1.13. The Morgan fingerprint density at radius 1 is 1.71 bits per heavy atom. The van der Waals surface area contributed by atoms with Gasteiger partial charge in [0.05, 0.1) is 0 Å². The zero-order valence-electron chi connectivity index (χ0n) is 4.80. The Hall–Kier alpha value is 0.290. The van der Waals surface area contributed by atoms with Crippen molar-refractivity contribution in [2.24, 2.45) is 0 Å². The summed E-state index contributed by atoms with van der Waals surface area (Å²) in [4.78, 5) is 0. The third kappa shape index (κ3) is 2.18. The molecule has 0 radical (unpaired) electrons. The summed E-state index contributed by atoms with van der Waals surface area (Å²) in [5.74, 6) is 0. The first kappa shape index (κ1) is 7.29. The van der Waals surface area contributed by atoms with Gasteiger partial charge in [-0.2, -0.15) is 5.21 Å². The van der Waals surface area contributed by atoms with E-state index in [2.05, 4.69) is 32.8 Å². The van der Waals surface area contributed by atoms with Gasteiger partial charge in [-0.05, 0) is 12.2 Å². The summed E-state index contributed by atoms with van der Waals surface area (Å²) in [5.41, 5.74) is 0. The second-order valence-electron chi connectivity index (χ2n) is 0.742. The summed E-state index contributed by atoms with van der Waals surface area (Å²) in [7, 11) is 0. The fourth-order valence-electron chi connectivity index (χ4n) is 0.168. The summed E-state index contributed by atoms with van der Waals surface area (Å²) in [6, 6.07) is 0. The molecule has 0 bridgehead atoms. The van der Waals surface area contributed by atoms with Crippen LogP contribution in [-0.4, -0.2) is 20.6 Å². The molecule has 6 heteroatoms. The number of H-pyrrole nitrogens is 2. The number of rotatable bonds is 0. The summed E-state index contributed by atoms with van der Waals surface area (Å²) >= 11 is 4.48. The van der Waals surface area contributed by atoms with Crippen molar-refractivity contribution in [3.05, 3.63) is 4.77 Å². The number of aromatic amines is 2. The van der Waals surface area contributed by atoms with Crippen LogP contribution in [0, 0.1) is 4.77 Å². The van der Waals surface area contributed by atoms with Gasteiger partial charge in [0.1, 0.15) is 0 Å². The van der Waals surface area contributed by atoms with Crippen LogP contribution < -0.4 is 29.6 Å². The zero-order chi connectivity index (χ0) is 4.41. The molecule has 4 nitrogen and oxygen atoms in total. The molecule has 0 saturated heterocycles. The average molecular weight is 126 g/mol.